The van der Waals surface area contributed by atoms with Crippen LogP contribution in [-0.2, 0) is 0 Å². The molecular weight excluding hydrogens is 261 g/mol. The van der Waals surface area contributed by atoms with Crippen LogP contribution < -0.4 is 4.90 Å². The lowest BCUT2D eigenvalue weighted by Gasteiger charge is -2.25. The van der Waals surface area contributed by atoms with Gasteiger partial charge in [-0.3, -0.25) is 0 Å². The Balaban J connectivity index is 2.19. The van der Waals surface area contributed by atoms with Gasteiger partial charge < -0.3 is 14.9 Å². The number of hydrogen-bond acceptors (Lipinski definition) is 2. The second-order valence-corrected chi connectivity index (χ2v) is 4.46. The highest BCUT2D eigenvalue weighted by atomic mass is 19.3. The van der Waals surface area contributed by atoms with Crippen molar-refractivity contribution in [2.24, 2.45) is 0 Å². The van der Waals surface area contributed by atoms with Crippen LogP contribution in [-0.4, -0.2) is 48.2 Å². The Hall–Kier alpha value is -1.92. The number of nitrogens with zero attached hydrogens (tertiary/aromatic N) is 2. The lowest BCUT2D eigenvalue weighted by Crippen LogP contribution is -2.41. The van der Waals surface area contributed by atoms with Gasteiger partial charge in [-0.15, -0.1) is 0 Å². The number of amides is 1. The van der Waals surface area contributed by atoms with Crippen molar-refractivity contribution >= 4 is 11.8 Å². The van der Waals surface area contributed by atoms with E-state index < -0.39 is 30.9 Å². The summed E-state index contributed by atoms with van der Waals surface area (Å²) in [5, 5.41) is 8.81. The lowest BCUT2D eigenvalue weighted by molar-refractivity contribution is -0.0116. The topological polar surface area (TPSA) is 43.8 Å². The van der Waals surface area contributed by atoms with Gasteiger partial charge in [-0.25, -0.2) is 18.0 Å². The van der Waals surface area contributed by atoms with Gasteiger partial charge in [0.1, 0.15) is 5.82 Å². The Morgan fingerprint density at radius 2 is 1.79 bits per heavy atom. The molecule has 1 aliphatic heterocycles. The molecule has 104 valence electrons. The van der Waals surface area contributed by atoms with E-state index in [0.717, 1.165) is 0 Å². The molecule has 0 saturated carbocycles. The van der Waals surface area contributed by atoms with Crippen molar-refractivity contribution in [2.75, 3.05) is 31.1 Å². The molecule has 1 aromatic carbocycles. The molecule has 7 heteroatoms. The van der Waals surface area contributed by atoms with Gasteiger partial charge in [0.15, 0.2) is 0 Å². The number of carboxylic acid groups (broad SMARTS) is 1. The molecule has 1 N–H and O–H groups in total. The van der Waals surface area contributed by atoms with Crippen LogP contribution in [0, 0.1) is 5.82 Å². The largest absolute Gasteiger partial charge is 0.465 e. The van der Waals surface area contributed by atoms with Gasteiger partial charge in [-0.05, 0) is 24.3 Å². The summed E-state index contributed by atoms with van der Waals surface area (Å²) in [6.45, 7) is -1.27. The van der Waals surface area contributed by atoms with Gasteiger partial charge in [0.05, 0.1) is 13.1 Å². The zero-order valence-corrected chi connectivity index (χ0v) is 10.0. The molecule has 0 bridgehead atoms. The molecule has 0 spiro atoms. The molecule has 1 aromatic rings. The molecule has 19 heavy (non-hydrogen) atoms. The molecule has 0 radical (unpaired) electrons. The molecule has 0 aromatic heterocycles. The minimum absolute atomic E-state index is 0.0116. The molecule has 0 atom stereocenters. The van der Waals surface area contributed by atoms with Gasteiger partial charge in [0, 0.05) is 18.8 Å². The van der Waals surface area contributed by atoms with Crippen LogP contribution in [0.3, 0.4) is 0 Å². The smallest absolute Gasteiger partial charge is 0.407 e. The van der Waals surface area contributed by atoms with Gasteiger partial charge in [-0.2, -0.15) is 0 Å². The standard InChI is InChI=1S/C12H13F3N2O2/c13-9-1-3-10(4-2-9)16-5-6-17(11(18)19)8-12(14,15)7-16/h1-4H,5-8H2,(H,18,19). The summed E-state index contributed by atoms with van der Waals surface area (Å²) < 4.78 is 40.1. The quantitative estimate of drug-likeness (QED) is 0.854. The predicted molar refractivity (Wildman–Crippen MR) is 63.2 cm³/mol. The molecule has 4 nitrogen and oxygen atoms in total. The molecule has 1 fully saturated rings. The van der Waals surface area contributed by atoms with Crippen LogP contribution in [0.1, 0.15) is 0 Å². The van der Waals surface area contributed by atoms with Crippen molar-refractivity contribution in [1.82, 2.24) is 4.90 Å². The monoisotopic (exact) mass is 274 g/mol. The highest BCUT2D eigenvalue weighted by Crippen LogP contribution is 2.25. The van der Waals surface area contributed by atoms with Crippen molar-refractivity contribution in [3.8, 4) is 0 Å². The van der Waals surface area contributed by atoms with E-state index in [4.69, 9.17) is 5.11 Å². The molecular formula is C12H13F3N2O2. The maximum absolute atomic E-state index is 13.7. The van der Waals surface area contributed by atoms with Crippen LogP contribution in [0.2, 0.25) is 0 Å². The first kappa shape index (κ1) is 13.5. The van der Waals surface area contributed by atoms with E-state index in [1.54, 1.807) is 0 Å². The van der Waals surface area contributed by atoms with Gasteiger partial charge in [0.25, 0.3) is 5.92 Å². The Labute approximate surface area is 108 Å². The Bertz CT molecular complexity index is 465. The van der Waals surface area contributed by atoms with E-state index in [1.165, 1.54) is 29.2 Å². The first-order chi connectivity index (χ1) is 8.87. The van der Waals surface area contributed by atoms with Gasteiger partial charge >= 0.3 is 6.09 Å². The SMILES string of the molecule is O=C(O)N1CCN(c2ccc(F)cc2)CC(F)(F)C1. The van der Waals surface area contributed by atoms with E-state index >= 15 is 0 Å². The second kappa shape index (κ2) is 4.99. The van der Waals surface area contributed by atoms with Crippen molar-refractivity contribution in [2.45, 2.75) is 5.92 Å². The number of alkyl halides is 2. The fourth-order valence-corrected chi connectivity index (χ4v) is 2.04. The van der Waals surface area contributed by atoms with Crippen molar-refractivity contribution in [1.29, 1.82) is 0 Å². The maximum Gasteiger partial charge on any atom is 0.407 e. The van der Waals surface area contributed by atoms with Crippen LogP contribution in [0.4, 0.5) is 23.7 Å². The summed E-state index contributed by atoms with van der Waals surface area (Å²) >= 11 is 0. The normalized spacial score (nSPS) is 19.1. The zero-order chi connectivity index (χ0) is 14.0. The van der Waals surface area contributed by atoms with E-state index in [-0.39, 0.29) is 13.1 Å². The molecule has 0 unspecified atom stereocenters. The second-order valence-electron chi connectivity index (χ2n) is 4.46. The Kier molecular flexibility index (Phi) is 3.55. The van der Waals surface area contributed by atoms with Crippen molar-refractivity contribution < 1.29 is 23.1 Å². The molecule has 0 aliphatic carbocycles. The van der Waals surface area contributed by atoms with Crippen molar-refractivity contribution in [3.63, 3.8) is 0 Å². The van der Waals surface area contributed by atoms with Gasteiger partial charge in [-0.1, -0.05) is 0 Å². The van der Waals surface area contributed by atoms with Crippen molar-refractivity contribution in [3.05, 3.63) is 30.1 Å². The third kappa shape index (κ3) is 3.30. The first-order valence-electron chi connectivity index (χ1n) is 5.74. The van der Waals surface area contributed by atoms with E-state index in [2.05, 4.69) is 0 Å². The summed E-state index contributed by atoms with van der Waals surface area (Å²) in [6, 6.07) is 5.18. The predicted octanol–water partition coefficient (Wildman–Crippen LogP) is 2.26. The molecule has 1 amide bonds. The van der Waals surface area contributed by atoms with Crippen LogP contribution in [0.15, 0.2) is 24.3 Å². The van der Waals surface area contributed by atoms with E-state index in [9.17, 15) is 18.0 Å². The minimum atomic E-state index is -3.14. The first-order valence-corrected chi connectivity index (χ1v) is 5.74. The summed E-state index contributed by atoms with van der Waals surface area (Å²) in [7, 11) is 0. The highest BCUT2D eigenvalue weighted by molar-refractivity contribution is 5.65. The average molecular weight is 274 g/mol. The Morgan fingerprint density at radius 3 is 2.37 bits per heavy atom. The molecule has 2 rings (SSSR count). The third-order valence-corrected chi connectivity index (χ3v) is 2.95. The molecule has 1 aliphatic rings. The lowest BCUT2D eigenvalue weighted by atomic mass is 10.2. The zero-order valence-electron chi connectivity index (χ0n) is 10.0. The Morgan fingerprint density at radius 1 is 1.16 bits per heavy atom. The number of rotatable bonds is 1. The minimum Gasteiger partial charge on any atom is -0.465 e. The summed E-state index contributed by atoms with van der Waals surface area (Å²) in [6.07, 6.45) is -1.36. The average Bonchev–Trinajstić information content (AvgIpc) is 2.48. The van der Waals surface area contributed by atoms with Crippen LogP contribution >= 0.6 is 0 Å². The summed E-state index contributed by atoms with van der Waals surface area (Å²) in [4.78, 5) is 12.9. The number of anilines is 1. The van der Waals surface area contributed by atoms with Gasteiger partial charge in [0.2, 0.25) is 0 Å². The third-order valence-electron chi connectivity index (χ3n) is 2.95. The molecule has 1 saturated heterocycles. The number of carbonyl (C=O) groups is 1. The van der Waals surface area contributed by atoms with Crippen LogP contribution in [0.25, 0.3) is 0 Å². The maximum atomic E-state index is 13.7. The van der Waals surface area contributed by atoms with Crippen LogP contribution in [0.5, 0.6) is 0 Å². The van der Waals surface area contributed by atoms with E-state index in [1.807, 2.05) is 0 Å². The number of hydrogen-bond donors (Lipinski definition) is 1. The molecule has 1 heterocycles. The fraction of sp³-hybridized carbons (Fsp3) is 0.417. The fourth-order valence-electron chi connectivity index (χ4n) is 2.04. The van der Waals surface area contributed by atoms with E-state index in [0.29, 0.717) is 10.6 Å². The number of halogens is 3. The number of benzene rings is 1. The summed E-state index contributed by atoms with van der Waals surface area (Å²) in [5.74, 6) is -3.58. The summed E-state index contributed by atoms with van der Waals surface area (Å²) in [5.41, 5.74) is 0.452. The highest BCUT2D eigenvalue weighted by Gasteiger charge is 2.38.